The molecule has 0 aliphatic carbocycles. The van der Waals surface area contributed by atoms with E-state index in [0.29, 0.717) is 10.9 Å². The third-order valence-electron chi connectivity index (χ3n) is 4.38. The number of aryl methyl sites for hydroxylation is 3. The first-order valence-electron chi connectivity index (χ1n) is 8.56. The maximum atomic E-state index is 12.5. The number of hydrogen-bond acceptors (Lipinski definition) is 5. The van der Waals surface area contributed by atoms with Gasteiger partial charge in [-0.05, 0) is 38.5 Å². The van der Waals surface area contributed by atoms with Gasteiger partial charge in [0.15, 0.2) is 5.16 Å². The molecule has 132 valence electrons. The van der Waals surface area contributed by atoms with Gasteiger partial charge in [-0.3, -0.25) is 4.79 Å². The number of carbonyl (C=O) groups excluding carboxylic acids is 1. The van der Waals surface area contributed by atoms with Gasteiger partial charge in [0.25, 0.3) is 0 Å². The number of amides is 1. The van der Waals surface area contributed by atoms with Crippen molar-refractivity contribution in [3.63, 3.8) is 0 Å². The predicted molar refractivity (Wildman–Crippen MR) is 102 cm³/mol. The van der Waals surface area contributed by atoms with Crippen LogP contribution in [0.25, 0.3) is 0 Å². The van der Waals surface area contributed by atoms with Crippen molar-refractivity contribution < 1.29 is 4.79 Å². The van der Waals surface area contributed by atoms with E-state index in [1.807, 2.05) is 24.8 Å². The van der Waals surface area contributed by atoms with E-state index in [-0.39, 0.29) is 5.91 Å². The van der Waals surface area contributed by atoms with E-state index in [2.05, 4.69) is 46.1 Å². The molecule has 1 aromatic heterocycles. The second-order valence-corrected chi connectivity index (χ2v) is 7.32. The van der Waals surface area contributed by atoms with Gasteiger partial charge in [-0.15, -0.1) is 0 Å². The van der Waals surface area contributed by atoms with Gasteiger partial charge in [0.1, 0.15) is 0 Å². The summed E-state index contributed by atoms with van der Waals surface area (Å²) in [6, 6.07) is 10.4. The summed E-state index contributed by atoms with van der Waals surface area (Å²) in [6.45, 7) is 9.32. The summed E-state index contributed by atoms with van der Waals surface area (Å²) in [5, 5.41) is 0.685. The third-order valence-corrected chi connectivity index (χ3v) is 5.21. The molecule has 0 atom stereocenters. The van der Waals surface area contributed by atoms with Crippen LogP contribution >= 0.6 is 11.8 Å². The molecule has 1 aliphatic heterocycles. The van der Waals surface area contributed by atoms with E-state index in [0.717, 1.165) is 37.6 Å². The summed E-state index contributed by atoms with van der Waals surface area (Å²) in [7, 11) is 0. The van der Waals surface area contributed by atoms with Gasteiger partial charge in [0.05, 0.1) is 5.75 Å². The number of para-hydroxylation sites is 1. The van der Waals surface area contributed by atoms with Crippen molar-refractivity contribution in [1.82, 2.24) is 14.9 Å². The number of nitrogens with zero attached hydrogens (tertiary/aromatic N) is 4. The summed E-state index contributed by atoms with van der Waals surface area (Å²) < 4.78 is 0. The molecule has 0 N–H and O–H groups in total. The molecule has 1 aromatic carbocycles. The molecule has 1 amide bonds. The van der Waals surface area contributed by atoms with Crippen LogP contribution in [-0.2, 0) is 4.79 Å². The van der Waals surface area contributed by atoms with Crippen LogP contribution in [0.4, 0.5) is 5.69 Å². The van der Waals surface area contributed by atoms with E-state index < -0.39 is 0 Å². The van der Waals surface area contributed by atoms with E-state index in [1.54, 1.807) is 0 Å². The number of hydrogen-bond donors (Lipinski definition) is 0. The van der Waals surface area contributed by atoms with Crippen LogP contribution in [0.2, 0.25) is 0 Å². The molecule has 0 saturated carbocycles. The lowest BCUT2D eigenvalue weighted by Crippen LogP contribution is -2.49. The molecule has 3 rings (SSSR count). The summed E-state index contributed by atoms with van der Waals surface area (Å²) in [5.74, 6) is 0.560. The Hall–Kier alpha value is -2.08. The van der Waals surface area contributed by atoms with Crippen molar-refractivity contribution in [1.29, 1.82) is 0 Å². The molecule has 1 saturated heterocycles. The van der Waals surface area contributed by atoms with Crippen molar-refractivity contribution in [2.24, 2.45) is 0 Å². The van der Waals surface area contributed by atoms with Crippen LogP contribution < -0.4 is 4.90 Å². The second-order valence-electron chi connectivity index (χ2n) is 6.38. The summed E-state index contributed by atoms with van der Waals surface area (Å²) in [6.07, 6.45) is 0. The fraction of sp³-hybridized carbons (Fsp3) is 0.421. The zero-order valence-electron chi connectivity index (χ0n) is 15.0. The Balaban J connectivity index is 1.52. The molecule has 0 spiro atoms. The van der Waals surface area contributed by atoms with Crippen molar-refractivity contribution in [2.75, 3.05) is 36.8 Å². The van der Waals surface area contributed by atoms with Gasteiger partial charge in [-0.1, -0.05) is 30.0 Å². The van der Waals surface area contributed by atoms with Crippen LogP contribution in [0.5, 0.6) is 0 Å². The molecule has 1 fully saturated rings. The maximum absolute atomic E-state index is 12.5. The number of thioether (sulfide) groups is 1. The van der Waals surface area contributed by atoms with E-state index in [9.17, 15) is 4.79 Å². The van der Waals surface area contributed by atoms with Gasteiger partial charge in [0, 0.05) is 43.3 Å². The van der Waals surface area contributed by atoms with Gasteiger partial charge >= 0.3 is 0 Å². The minimum Gasteiger partial charge on any atom is -0.368 e. The van der Waals surface area contributed by atoms with Gasteiger partial charge in [-0.25, -0.2) is 9.97 Å². The average molecular weight is 356 g/mol. The predicted octanol–water partition coefficient (Wildman–Crippen LogP) is 2.84. The second kappa shape index (κ2) is 7.87. The van der Waals surface area contributed by atoms with Crippen molar-refractivity contribution in [3.8, 4) is 0 Å². The zero-order valence-corrected chi connectivity index (χ0v) is 15.8. The molecule has 2 heterocycles. The molecule has 5 nitrogen and oxygen atoms in total. The Morgan fingerprint density at radius 3 is 2.32 bits per heavy atom. The number of aromatic nitrogens is 2. The molecule has 25 heavy (non-hydrogen) atoms. The molecular formula is C19H24N4OS. The van der Waals surface area contributed by atoms with Crippen LogP contribution in [0.15, 0.2) is 35.5 Å². The fourth-order valence-corrected chi connectivity index (χ4v) is 3.94. The Morgan fingerprint density at radius 1 is 1.04 bits per heavy atom. The zero-order chi connectivity index (χ0) is 17.8. The monoisotopic (exact) mass is 356 g/mol. The highest BCUT2D eigenvalue weighted by molar-refractivity contribution is 7.99. The Bertz CT molecular complexity index is 737. The Morgan fingerprint density at radius 2 is 1.68 bits per heavy atom. The van der Waals surface area contributed by atoms with Crippen molar-refractivity contribution >= 4 is 23.4 Å². The lowest BCUT2D eigenvalue weighted by atomic mass is 10.1. The maximum Gasteiger partial charge on any atom is 0.233 e. The summed E-state index contributed by atoms with van der Waals surface area (Å²) in [4.78, 5) is 25.6. The molecule has 2 aromatic rings. The van der Waals surface area contributed by atoms with E-state index in [4.69, 9.17) is 0 Å². The van der Waals surface area contributed by atoms with Crippen molar-refractivity contribution in [2.45, 2.75) is 25.9 Å². The van der Waals surface area contributed by atoms with Crippen LogP contribution in [0.1, 0.15) is 17.0 Å². The molecule has 6 heteroatoms. The van der Waals surface area contributed by atoms with E-state index in [1.165, 1.54) is 23.0 Å². The Kier molecular flexibility index (Phi) is 5.58. The number of rotatable bonds is 4. The molecule has 0 bridgehead atoms. The number of benzene rings is 1. The average Bonchev–Trinajstić information content (AvgIpc) is 2.59. The minimum absolute atomic E-state index is 0.164. The first kappa shape index (κ1) is 17.7. The first-order chi connectivity index (χ1) is 12.0. The number of carbonyl (C=O) groups is 1. The minimum atomic E-state index is 0.164. The number of anilines is 1. The summed E-state index contributed by atoms with van der Waals surface area (Å²) >= 11 is 1.42. The summed E-state index contributed by atoms with van der Waals surface area (Å²) in [5.41, 5.74) is 4.43. The number of piperazine rings is 1. The fourth-order valence-electron chi connectivity index (χ4n) is 3.09. The van der Waals surface area contributed by atoms with Crippen LogP contribution in [0.3, 0.4) is 0 Å². The van der Waals surface area contributed by atoms with Crippen LogP contribution in [-0.4, -0.2) is 52.7 Å². The van der Waals surface area contributed by atoms with Gasteiger partial charge < -0.3 is 9.80 Å². The van der Waals surface area contributed by atoms with Crippen LogP contribution in [0, 0.1) is 20.8 Å². The normalized spacial score (nSPS) is 14.7. The third kappa shape index (κ3) is 4.51. The molecule has 0 radical (unpaired) electrons. The quantitative estimate of drug-likeness (QED) is 0.623. The highest BCUT2D eigenvalue weighted by Crippen LogP contribution is 2.21. The highest BCUT2D eigenvalue weighted by Gasteiger charge is 2.22. The lowest BCUT2D eigenvalue weighted by Gasteiger charge is -2.36. The smallest absolute Gasteiger partial charge is 0.233 e. The highest BCUT2D eigenvalue weighted by atomic mass is 32.2. The SMILES string of the molecule is Cc1cc(C)nc(SCC(=O)N2CCN(c3ccccc3C)CC2)n1. The standard InChI is InChI=1S/C19H24N4OS/c1-14-6-4-5-7-17(14)22-8-10-23(11-9-22)18(24)13-25-19-20-15(2)12-16(3)21-19/h4-7,12H,8-11,13H2,1-3H3. The van der Waals surface area contributed by atoms with Crippen molar-refractivity contribution in [3.05, 3.63) is 47.3 Å². The van der Waals surface area contributed by atoms with Gasteiger partial charge in [-0.2, -0.15) is 0 Å². The molecule has 1 aliphatic rings. The van der Waals surface area contributed by atoms with E-state index >= 15 is 0 Å². The molecular weight excluding hydrogens is 332 g/mol. The first-order valence-corrected chi connectivity index (χ1v) is 9.55. The lowest BCUT2D eigenvalue weighted by molar-refractivity contribution is -0.128. The largest absolute Gasteiger partial charge is 0.368 e. The topological polar surface area (TPSA) is 49.3 Å². The molecule has 0 unspecified atom stereocenters. The Labute approximate surface area is 153 Å². The van der Waals surface area contributed by atoms with Gasteiger partial charge in [0.2, 0.25) is 5.91 Å².